The predicted molar refractivity (Wildman–Crippen MR) is 73.9 cm³/mol. The van der Waals surface area contributed by atoms with Gasteiger partial charge in [0.2, 0.25) is 0 Å². The maximum absolute atomic E-state index is 12.6. The first-order chi connectivity index (χ1) is 8.85. The minimum atomic E-state index is -3.43. The molecule has 0 aromatic rings. The molecule has 1 aliphatic carbocycles. The second-order valence-corrected chi connectivity index (χ2v) is 7.84. The molecule has 0 spiro atoms. The van der Waals surface area contributed by atoms with Gasteiger partial charge in [0.25, 0.3) is 10.2 Å². The van der Waals surface area contributed by atoms with Gasteiger partial charge in [-0.3, -0.25) is 4.79 Å². The van der Waals surface area contributed by atoms with Crippen molar-refractivity contribution in [3.63, 3.8) is 0 Å². The molecule has 0 radical (unpaired) electrons. The van der Waals surface area contributed by atoms with E-state index >= 15 is 0 Å². The summed E-state index contributed by atoms with van der Waals surface area (Å²) in [4.78, 5) is 11.9. The van der Waals surface area contributed by atoms with Crippen LogP contribution in [0.25, 0.3) is 0 Å². The van der Waals surface area contributed by atoms with Gasteiger partial charge in [-0.2, -0.15) is 17.0 Å². The lowest BCUT2D eigenvalue weighted by atomic mass is 9.96. The Hall–Kier alpha value is -0.460. The molecule has 0 N–H and O–H groups in total. The van der Waals surface area contributed by atoms with Crippen LogP contribution in [-0.4, -0.2) is 48.5 Å². The Morgan fingerprint density at radius 2 is 1.95 bits per heavy atom. The molecule has 5 nitrogen and oxygen atoms in total. The van der Waals surface area contributed by atoms with Crippen LogP contribution in [0.15, 0.2) is 0 Å². The van der Waals surface area contributed by atoms with Crippen LogP contribution >= 0.6 is 0 Å². The largest absolute Gasteiger partial charge is 0.299 e. The Kier molecular flexibility index (Phi) is 4.32. The highest BCUT2D eigenvalue weighted by atomic mass is 32.2. The van der Waals surface area contributed by atoms with Gasteiger partial charge in [-0.25, -0.2) is 0 Å². The number of ketones is 1. The van der Waals surface area contributed by atoms with Crippen molar-refractivity contribution in [1.29, 1.82) is 0 Å². The third-order valence-electron chi connectivity index (χ3n) is 4.45. The minimum absolute atomic E-state index is 0.0643. The normalized spacial score (nSPS) is 29.8. The van der Waals surface area contributed by atoms with Crippen LogP contribution in [-0.2, 0) is 15.0 Å². The SMILES string of the molecule is CC(C)N(C)S(=O)(=O)N1CCCC1C1CCCC1=O. The predicted octanol–water partition coefficient (Wildman–Crippen LogP) is 1.41. The highest BCUT2D eigenvalue weighted by molar-refractivity contribution is 7.86. The molecule has 0 bridgehead atoms. The van der Waals surface area contributed by atoms with Gasteiger partial charge in [0.05, 0.1) is 0 Å². The summed E-state index contributed by atoms with van der Waals surface area (Å²) >= 11 is 0. The lowest BCUT2D eigenvalue weighted by Crippen LogP contribution is -2.49. The molecule has 0 amide bonds. The van der Waals surface area contributed by atoms with Gasteiger partial charge >= 0.3 is 0 Å². The number of nitrogens with zero attached hydrogens (tertiary/aromatic N) is 2. The fraction of sp³-hybridized carbons (Fsp3) is 0.923. The van der Waals surface area contributed by atoms with Gasteiger partial charge in [-0.15, -0.1) is 0 Å². The maximum atomic E-state index is 12.6. The monoisotopic (exact) mass is 288 g/mol. The van der Waals surface area contributed by atoms with E-state index in [0.29, 0.717) is 13.0 Å². The minimum Gasteiger partial charge on any atom is -0.299 e. The molecule has 1 saturated heterocycles. The van der Waals surface area contributed by atoms with E-state index in [0.717, 1.165) is 25.7 Å². The summed E-state index contributed by atoms with van der Waals surface area (Å²) in [6.07, 6.45) is 4.06. The number of hydrogen-bond acceptors (Lipinski definition) is 3. The Labute approximate surface area is 116 Å². The molecule has 1 saturated carbocycles. The molecule has 1 heterocycles. The molecule has 19 heavy (non-hydrogen) atoms. The van der Waals surface area contributed by atoms with Gasteiger partial charge in [-0.1, -0.05) is 0 Å². The first-order valence-electron chi connectivity index (χ1n) is 7.13. The van der Waals surface area contributed by atoms with Crippen LogP contribution < -0.4 is 0 Å². The highest BCUT2D eigenvalue weighted by Gasteiger charge is 2.44. The van der Waals surface area contributed by atoms with Crippen LogP contribution in [0, 0.1) is 5.92 Å². The van der Waals surface area contributed by atoms with Gasteiger partial charge in [0.1, 0.15) is 5.78 Å². The van der Waals surface area contributed by atoms with E-state index < -0.39 is 10.2 Å². The Morgan fingerprint density at radius 1 is 1.26 bits per heavy atom. The molecule has 2 fully saturated rings. The first-order valence-corrected chi connectivity index (χ1v) is 8.53. The molecular formula is C13H24N2O3S. The smallest absolute Gasteiger partial charge is 0.282 e. The van der Waals surface area contributed by atoms with Crippen LogP contribution in [0.5, 0.6) is 0 Å². The molecule has 2 aliphatic rings. The van der Waals surface area contributed by atoms with E-state index in [1.165, 1.54) is 4.31 Å². The lowest BCUT2D eigenvalue weighted by Gasteiger charge is -2.32. The van der Waals surface area contributed by atoms with E-state index in [2.05, 4.69) is 0 Å². The Bertz CT molecular complexity index is 447. The Balaban J connectivity index is 2.21. The van der Waals surface area contributed by atoms with E-state index in [4.69, 9.17) is 0 Å². The van der Waals surface area contributed by atoms with Gasteiger partial charge in [0, 0.05) is 38.0 Å². The highest BCUT2D eigenvalue weighted by Crippen LogP contribution is 2.35. The molecule has 2 rings (SSSR count). The van der Waals surface area contributed by atoms with Gasteiger partial charge in [-0.05, 0) is 39.5 Å². The molecule has 110 valence electrons. The summed E-state index contributed by atoms with van der Waals surface area (Å²) in [7, 11) is -1.82. The quantitative estimate of drug-likeness (QED) is 0.786. The summed E-state index contributed by atoms with van der Waals surface area (Å²) < 4.78 is 28.2. The molecule has 0 aromatic carbocycles. The van der Waals surface area contributed by atoms with Crippen molar-refractivity contribution in [2.24, 2.45) is 5.92 Å². The maximum Gasteiger partial charge on any atom is 0.282 e. The number of hydrogen-bond donors (Lipinski definition) is 0. The van der Waals surface area contributed by atoms with Crippen molar-refractivity contribution >= 4 is 16.0 Å². The summed E-state index contributed by atoms with van der Waals surface area (Å²) in [6.45, 7) is 4.28. The van der Waals surface area contributed by atoms with E-state index in [-0.39, 0.29) is 23.8 Å². The lowest BCUT2D eigenvalue weighted by molar-refractivity contribution is -0.121. The molecule has 6 heteroatoms. The zero-order valence-electron chi connectivity index (χ0n) is 12.0. The zero-order valence-corrected chi connectivity index (χ0v) is 12.8. The van der Waals surface area contributed by atoms with Crippen molar-refractivity contribution in [1.82, 2.24) is 8.61 Å². The summed E-state index contributed by atoms with van der Waals surface area (Å²) in [5, 5.41) is 0. The number of carbonyl (C=O) groups is 1. The number of Topliss-reactive ketones (excluding diaryl/α,β-unsaturated/α-hetero) is 1. The van der Waals surface area contributed by atoms with Crippen molar-refractivity contribution in [3.05, 3.63) is 0 Å². The third-order valence-corrected chi connectivity index (χ3v) is 6.65. The fourth-order valence-corrected chi connectivity index (χ4v) is 4.95. The molecular weight excluding hydrogens is 264 g/mol. The molecule has 1 aliphatic heterocycles. The standard InChI is InChI=1S/C13H24N2O3S/c1-10(2)14(3)19(17,18)15-9-5-7-12(15)11-6-4-8-13(11)16/h10-12H,4-9H2,1-3H3. The summed E-state index contributed by atoms with van der Waals surface area (Å²) in [5.74, 6) is 0.178. The fourth-order valence-electron chi connectivity index (χ4n) is 3.14. The average molecular weight is 288 g/mol. The second-order valence-electron chi connectivity index (χ2n) is 5.90. The summed E-state index contributed by atoms with van der Waals surface area (Å²) in [6, 6.07) is -0.174. The molecule has 2 atom stereocenters. The first kappa shape index (κ1) is 14.9. The summed E-state index contributed by atoms with van der Waals surface area (Å²) in [5.41, 5.74) is 0. The van der Waals surface area contributed by atoms with Crippen molar-refractivity contribution < 1.29 is 13.2 Å². The van der Waals surface area contributed by atoms with Crippen LogP contribution in [0.3, 0.4) is 0 Å². The van der Waals surface area contributed by atoms with Crippen molar-refractivity contribution in [2.45, 2.75) is 58.0 Å². The van der Waals surface area contributed by atoms with Gasteiger partial charge < -0.3 is 0 Å². The Morgan fingerprint density at radius 3 is 2.47 bits per heavy atom. The second kappa shape index (κ2) is 5.50. The molecule has 2 unspecified atom stereocenters. The topological polar surface area (TPSA) is 57.7 Å². The number of rotatable bonds is 4. The van der Waals surface area contributed by atoms with Gasteiger partial charge in [0.15, 0.2) is 0 Å². The van der Waals surface area contributed by atoms with E-state index in [1.807, 2.05) is 13.8 Å². The van der Waals surface area contributed by atoms with Crippen LogP contribution in [0.1, 0.15) is 46.0 Å². The van der Waals surface area contributed by atoms with E-state index in [9.17, 15) is 13.2 Å². The van der Waals surface area contributed by atoms with Crippen LogP contribution in [0.4, 0.5) is 0 Å². The zero-order chi connectivity index (χ0) is 14.2. The number of carbonyl (C=O) groups excluding carboxylic acids is 1. The van der Waals surface area contributed by atoms with Crippen molar-refractivity contribution in [3.8, 4) is 0 Å². The third kappa shape index (κ3) is 2.71. The van der Waals surface area contributed by atoms with Crippen molar-refractivity contribution in [2.75, 3.05) is 13.6 Å². The average Bonchev–Trinajstić information content (AvgIpc) is 2.95. The molecule has 0 aromatic heterocycles. The van der Waals surface area contributed by atoms with Crippen LogP contribution in [0.2, 0.25) is 0 Å². The van der Waals surface area contributed by atoms with E-state index in [1.54, 1.807) is 11.4 Å².